The summed E-state index contributed by atoms with van der Waals surface area (Å²) in [6.07, 6.45) is 3.02. The lowest BCUT2D eigenvalue weighted by molar-refractivity contribution is -0.117. The number of para-hydroxylation sites is 1. The normalized spacial score (nSPS) is 22.3. The molecule has 2 heterocycles. The molecular formula is C19H18ClF3N3O3S+. The number of hydrogen-bond donors (Lipinski definition) is 1. The highest BCUT2D eigenvalue weighted by Gasteiger charge is 2.48. The van der Waals surface area contributed by atoms with Crippen molar-refractivity contribution in [2.75, 3.05) is 13.1 Å². The number of alkyl halides is 3. The molecule has 0 bridgehead atoms. The van der Waals surface area contributed by atoms with Crippen LogP contribution in [0.15, 0.2) is 60.3 Å². The van der Waals surface area contributed by atoms with E-state index < -0.39 is 27.4 Å². The summed E-state index contributed by atoms with van der Waals surface area (Å²) in [5.41, 5.74) is -4.80. The van der Waals surface area contributed by atoms with Gasteiger partial charge in [0.2, 0.25) is 0 Å². The predicted molar refractivity (Wildman–Crippen MR) is 107 cm³/mol. The van der Waals surface area contributed by atoms with E-state index in [-0.39, 0.29) is 23.1 Å². The second kappa shape index (κ2) is 8.01. The van der Waals surface area contributed by atoms with Gasteiger partial charge in [-0.3, -0.25) is 4.79 Å². The third-order valence-electron chi connectivity index (χ3n) is 4.93. The molecule has 6 nitrogen and oxygen atoms in total. The summed E-state index contributed by atoms with van der Waals surface area (Å²) >= 11 is 6.40. The van der Waals surface area contributed by atoms with Gasteiger partial charge in [0, 0.05) is 17.7 Å². The zero-order valence-corrected chi connectivity index (χ0v) is 17.3. The van der Waals surface area contributed by atoms with E-state index in [1.165, 1.54) is 6.08 Å². The van der Waals surface area contributed by atoms with E-state index >= 15 is 0 Å². The molecule has 0 aliphatic carbocycles. The molecule has 2 aromatic rings. The van der Waals surface area contributed by atoms with Crippen molar-refractivity contribution < 1.29 is 26.4 Å². The first-order valence-electron chi connectivity index (χ1n) is 8.85. The van der Waals surface area contributed by atoms with Crippen LogP contribution in [0.25, 0.3) is 0 Å². The Morgan fingerprint density at radius 2 is 1.87 bits per heavy atom. The van der Waals surface area contributed by atoms with Crippen molar-refractivity contribution in [2.24, 2.45) is 5.92 Å². The van der Waals surface area contributed by atoms with E-state index in [0.717, 1.165) is 10.4 Å². The third-order valence-corrected chi connectivity index (χ3v) is 6.29. The number of rotatable bonds is 4. The molecule has 1 aromatic carbocycles. The Labute approximate surface area is 176 Å². The molecule has 1 amide bonds. The number of carbonyl (C=O) groups is 1. The van der Waals surface area contributed by atoms with Gasteiger partial charge in [-0.15, -0.1) is 0 Å². The minimum Gasteiger partial charge on any atom is -0.269 e. The maximum atomic E-state index is 12.6. The number of halogens is 4. The van der Waals surface area contributed by atoms with Crippen LogP contribution in [-0.2, 0) is 14.8 Å². The molecule has 11 heteroatoms. The molecule has 2 atom stereocenters. The number of amides is 1. The maximum Gasteiger partial charge on any atom is 0.516 e. The van der Waals surface area contributed by atoms with Crippen LogP contribution in [0.3, 0.4) is 0 Å². The average molecular weight is 461 g/mol. The largest absolute Gasteiger partial charge is 0.516 e. The molecule has 1 aliphatic rings. The zero-order chi connectivity index (χ0) is 22.2. The van der Waals surface area contributed by atoms with Gasteiger partial charge >= 0.3 is 15.5 Å². The first-order chi connectivity index (χ1) is 14.0. The Balaban J connectivity index is 2.02. The highest BCUT2D eigenvalue weighted by molar-refractivity contribution is 7.90. The molecule has 160 valence electrons. The fourth-order valence-electron chi connectivity index (χ4n) is 3.56. The number of pyridine rings is 1. The van der Waals surface area contributed by atoms with Gasteiger partial charge in [-0.05, 0) is 30.3 Å². The standard InChI is InChI=1S/C19H17ClF3N3O3S/c1-13-12-26(14-6-3-2-4-7-14,17-16(20)8-5-10-24-17)11-9-15(13)18(27)25-30(28,29)19(21,22)23/h2-10,13H,11-12H2,1H3/p+1/t13-,26?/m1/s1. The SMILES string of the molecule is C[C@@H]1C[N+](c2ccccc2)(c2ncccc2Cl)CC=C1C(=O)NS(=O)(=O)C(F)(F)F. The maximum absolute atomic E-state index is 12.6. The Morgan fingerprint density at radius 1 is 1.20 bits per heavy atom. The van der Waals surface area contributed by atoms with E-state index in [0.29, 0.717) is 10.8 Å². The van der Waals surface area contributed by atoms with Crippen molar-refractivity contribution in [2.45, 2.75) is 12.4 Å². The quantitative estimate of drug-likeness (QED) is 0.702. The van der Waals surface area contributed by atoms with E-state index in [1.54, 1.807) is 25.3 Å². The molecule has 1 aromatic heterocycles. The minimum atomic E-state index is -5.79. The Hall–Kier alpha value is -2.43. The van der Waals surface area contributed by atoms with Crippen LogP contribution in [0.1, 0.15) is 6.92 Å². The van der Waals surface area contributed by atoms with Gasteiger partial charge in [0.1, 0.15) is 17.3 Å². The van der Waals surface area contributed by atoms with Gasteiger partial charge < -0.3 is 0 Å². The van der Waals surface area contributed by atoms with Crippen LogP contribution < -0.4 is 9.21 Å². The Morgan fingerprint density at radius 3 is 2.43 bits per heavy atom. The molecule has 1 N–H and O–H groups in total. The van der Waals surface area contributed by atoms with Crippen molar-refractivity contribution in [3.63, 3.8) is 0 Å². The molecule has 0 fully saturated rings. The fraction of sp³-hybridized carbons (Fsp3) is 0.263. The van der Waals surface area contributed by atoms with Crippen LogP contribution in [0.4, 0.5) is 24.7 Å². The topological polar surface area (TPSA) is 76.1 Å². The Bertz CT molecular complexity index is 1090. The fourth-order valence-corrected chi connectivity index (χ4v) is 4.32. The lowest BCUT2D eigenvalue weighted by atomic mass is 9.93. The third kappa shape index (κ3) is 4.07. The van der Waals surface area contributed by atoms with Crippen molar-refractivity contribution in [3.05, 3.63) is 65.3 Å². The van der Waals surface area contributed by atoms with Crippen molar-refractivity contribution in [1.82, 2.24) is 14.2 Å². The van der Waals surface area contributed by atoms with Crippen molar-refractivity contribution >= 4 is 39.0 Å². The van der Waals surface area contributed by atoms with Gasteiger partial charge in [0.25, 0.3) is 11.7 Å². The van der Waals surface area contributed by atoms with Crippen molar-refractivity contribution in [1.29, 1.82) is 0 Å². The summed E-state index contributed by atoms with van der Waals surface area (Å²) in [7, 11) is -5.79. The van der Waals surface area contributed by atoms with Gasteiger partial charge in [0.05, 0.1) is 6.54 Å². The van der Waals surface area contributed by atoms with E-state index in [2.05, 4.69) is 4.98 Å². The van der Waals surface area contributed by atoms with Gasteiger partial charge in [-0.25, -0.2) is 14.2 Å². The second-order valence-corrected chi connectivity index (χ2v) is 9.00. The number of benzene rings is 1. The summed E-state index contributed by atoms with van der Waals surface area (Å²) in [5.74, 6) is -1.35. The highest BCUT2D eigenvalue weighted by Crippen LogP contribution is 2.41. The lowest BCUT2D eigenvalue weighted by Gasteiger charge is -2.41. The molecule has 0 spiro atoms. The predicted octanol–water partition coefficient (Wildman–Crippen LogP) is 3.92. The molecule has 1 unspecified atom stereocenters. The van der Waals surface area contributed by atoms with Gasteiger partial charge in [-0.1, -0.05) is 36.7 Å². The van der Waals surface area contributed by atoms with Gasteiger partial charge in [0.15, 0.2) is 0 Å². The first kappa shape index (κ1) is 22.3. The number of nitrogens with zero attached hydrogens (tertiary/aromatic N) is 2. The number of sulfonamides is 1. The molecular weight excluding hydrogens is 443 g/mol. The number of nitrogens with one attached hydrogen (secondary N) is 1. The summed E-state index contributed by atoms with van der Waals surface area (Å²) < 4.78 is 61.7. The van der Waals surface area contributed by atoms with Crippen LogP contribution >= 0.6 is 11.6 Å². The first-order valence-corrected chi connectivity index (χ1v) is 10.7. The van der Waals surface area contributed by atoms with Crippen LogP contribution in [0.2, 0.25) is 5.02 Å². The summed E-state index contributed by atoms with van der Waals surface area (Å²) in [6, 6.07) is 12.6. The summed E-state index contributed by atoms with van der Waals surface area (Å²) in [6.45, 7) is 2.03. The van der Waals surface area contributed by atoms with E-state index in [1.807, 2.05) is 30.3 Å². The monoisotopic (exact) mass is 460 g/mol. The van der Waals surface area contributed by atoms with Crippen LogP contribution in [0.5, 0.6) is 0 Å². The van der Waals surface area contributed by atoms with Crippen LogP contribution in [0, 0.1) is 5.92 Å². The molecule has 0 saturated heterocycles. The molecule has 1 aliphatic heterocycles. The minimum absolute atomic E-state index is 0.0421. The number of carbonyl (C=O) groups excluding carboxylic acids is 1. The van der Waals surface area contributed by atoms with Crippen LogP contribution in [-0.4, -0.2) is 37.9 Å². The molecule has 3 rings (SSSR count). The van der Waals surface area contributed by atoms with E-state index in [4.69, 9.17) is 11.6 Å². The molecule has 0 saturated carbocycles. The summed E-state index contributed by atoms with van der Waals surface area (Å²) in [4.78, 5) is 16.7. The number of quaternary nitrogens is 1. The van der Waals surface area contributed by atoms with E-state index in [9.17, 15) is 26.4 Å². The number of hydrogen-bond acceptors (Lipinski definition) is 4. The Kier molecular flexibility index (Phi) is 5.94. The number of aromatic nitrogens is 1. The smallest absolute Gasteiger partial charge is 0.269 e. The lowest BCUT2D eigenvalue weighted by Crippen LogP contribution is -2.53. The zero-order valence-electron chi connectivity index (χ0n) is 15.7. The highest BCUT2D eigenvalue weighted by atomic mass is 35.5. The summed E-state index contributed by atoms with van der Waals surface area (Å²) in [5, 5.41) is 0.398. The molecule has 0 radical (unpaired) electrons. The van der Waals surface area contributed by atoms with Gasteiger partial charge in [-0.2, -0.15) is 21.6 Å². The average Bonchev–Trinajstić information content (AvgIpc) is 2.67. The second-order valence-electron chi connectivity index (χ2n) is 6.92. The molecule has 30 heavy (non-hydrogen) atoms. The van der Waals surface area contributed by atoms with Crippen molar-refractivity contribution in [3.8, 4) is 0 Å².